The van der Waals surface area contributed by atoms with E-state index < -0.39 is 13.4 Å². The van der Waals surface area contributed by atoms with Crippen LogP contribution in [0.4, 0.5) is 4.39 Å². The van der Waals surface area contributed by atoms with Gasteiger partial charge in [0.1, 0.15) is 16.5 Å². The van der Waals surface area contributed by atoms with Crippen molar-refractivity contribution in [1.29, 1.82) is 0 Å². The van der Waals surface area contributed by atoms with E-state index in [1.54, 1.807) is 13.8 Å². The van der Waals surface area contributed by atoms with Gasteiger partial charge in [-0.2, -0.15) is 0 Å². The summed E-state index contributed by atoms with van der Waals surface area (Å²) in [6.07, 6.45) is 0.764. The summed E-state index contributed by atoms with van der Waals surface area (Å²) in [7, 11) is -4.38. The molecule has 0 aliphatic rings. The van der Waals surface area contributed by atoms with E-state index in [4.69, 9.17) is 21.1 Å². The summed E-state index contributed by atoms with van der Waals surface area (Å²) in [6, 6.07) is 5.57. The van der Waals surface area contributed by atoms with E-state index in [0.717, 1.165) is 6.42 Å². The number of aryl methyl sites for hydroxylation is 2. The SMILES string of the molecule is CCCOc1ccc(Oc2c(C)cc(P(=O)(O)O)cc2C)c(F)c1Cl. The molecule has 0 aromatic heterocycles. The highest BCUT2D eigenvalue weighted by atomic mass is 35.5. The Morgan fingerprint density at radius 2 is 1.72 bits per heavy atom. The highest BCUT2D eigenvalue weighted by Crippen LogP contribution is 2.39. The summed E-state index contributed by atoms with van der Waals surface area (Å²) in [4.78, 5) is 18.6. The molecule has 5 nitrogen and oxygen atoms in total. The molecular formula is C17H19ClFO5P. The van der Waals surface area contributed by atoms with Gasteiger partial charge in [-0.15, -0.1) is 0 Å². The maximum atomic E-state index is 14.4. The summed E-state index contributed by atoms with van der Waals surface area (Å²) in [5, 5.41) is -0.287. The van der Waals surface area contributed by atoms with Gasteiger partial charge in [-0.3, -0.25) is 4.57 Å². The molecule has 0 saturated carbocycles. The Kier molecular flexibility index (Phi) is 6.12. The Labute approximate surface area is 150 Å². The van der Waals surface area contributed by atoms with Crippen molar-refractivity contribution in [3.63, 3.8) is 0 Å². The Morgan fingerprint density at radius 1 is 1.16 bits per heavy atom. The van der Waals surface area contributed by atoms with Gasteiger partial charge >= 0.3 is 7.60 Å². The lowest BCUT2D eigenvalue weighted by atomic mass is 10.1. The molecule has 0 heterocycles. The normalized spacial score (nSPS) is 11.5. The minimum atomic E-state index is -4.38. The van der Waals surface area contributed by atoms with Crippen molar-refractivity contribution >= 4 is 24.5 Å². The molecule has 0 atom stereocenters. The summed E-state index contributed by atoms with van der Waals surface area (Å²) in [5.41, 5.74) is 0.945. The van der Waals surface area contributed by atoms with E-state index in [1.165, 1.54) is 24.3 Å². The van der Waals surface area contributed by atoms with Crippen molar-refractivity contribution in [2.24, 2.45) is 0 Å². The predicted octanol–water partition coefficient (Wildman–Crippen LogP) is 4.48. The lowest BCUT2D eigenvalue weighted by molar-refractivity contribution is 0.314. The van der Waals surface area contributed by atoms with Gasteiger partial charge in [0.05, 0.1) is 11.9 Å². The number of halogens is 2. The summed E-state index contributed by atoms with van der Waals surface area (Å²) in [5.74, 6) is -0.301. The van der Waals surface area contributed by atoms with Gasteiger partial charge < -0.3 is 19.3 Å². The van der Waals surface area contributed by atoms with E-state index in [0.29, 0.717) is 23.5 Å². The van der Waals surface area contributed by atoms with E-state index in [-0.39, 0.29) is 21.8 Å². The molecule has 25 heavy (non-hydrogen) atoms. The Morgan fingerprint density at radius 3 is 2.24 bits per heavy atom. The molecule has 0 unspecified atom stereocenters. The third-order valence-electron chi connectivity index (χ3n) is 3.47. The van der Waals surface area contributed by atoms with Crippen LogP contribution in [-0.2, 0) is 4.57 Å². The molecule has 0 aliphatic heterocycles. The molecule has 2 aromatic rings. The van der Waals surface area contributed by atoms with Crippen LogP contribution in [0.15, 0.2) is 24.3 Å². The van der Waals surface area contributed by atoms with Crippen LogP contribution in [-0.4, -0.2) is 16.4 Å². The number of hydrogen-bond acceptors (Lipinski definition) is 3. The molecular weight excluding hydrogens is 370 g/mol. The maximum absolute atomic E-state index is 14.4. The fourth-order valence-corrected chi connectivity index (χ4v) is 3.22. The van der Waals surface area contributed by atoms with Crippen molar-refractivity contribution in [3.8, 4) is 17.2 Å². The van der Waals surface area contributed by atoms with Crippen LogP contribution in [0.5, 0.6) is 17.2 Å². The second-order valence-corrected chi connectivity index (χ2v) is 7.58. The molecule has 0 radical (unpaired) electrons. The molecule has 2 rings (SSSR count). The highest BCUT2D eigenvalue weighted by Gasteiger charge is 2.21. The molecule has 0 saturated heterocycles. The second kappa shape index (κ2) is 7.75. The number of benzene rings is 2. The van der Waals surface area contributed by atoms with Crippen LogP contribution in [0.1, 0.15) is 24.5 Å². The van der Waals surface area contributed by atoms with Gasteiger partial charge in [0.2, 0.25) is 0 Å². The van der Waals surface area contributed by atoms with E-state index in [9.17, 15) is 18.7 Å². The average Bonchev–Trinajstić information content (AvgIpc) is 2.52. The third kappa shape index (κ3) is 4.53. The Hall–Kier alpha value is -1.59. The number of hydrogen-bond donors (Lipinski definition) is 2. The van der Waals surface area contributed by atoms with Crippen molar-refractivity contribution in [1.82, 2.24) is 0 Å². The highest BCUT2D eigenvalue weighted by molar-refractivity contribution is 7.60. The third-order valence-corrected chi connectivity index (χ3v) is 4.75. The first-order chi connectivity index (χ1) is 11.6. The average molecular weight is 389 g/mol. The molecule has 2 aromatic carbocycles. The molecule has 0 amide bonds. The fourth-order valence-electron chi connectivity index (χ4n) is 2.28. The van der Waals surface area contributed by atoms with E-state index in [1.807, 2.05) is 6.92 Å². The van der Waals surface area contributed by atoms with Crippen LogP contribution in [0.3, 0.4) is 0 Å². The van der Waals surface area contributed by atoms with Crippen LogP contribution in [0.2, 0.25) is 5.02 Å². The predicted molar refractivity (Wildman–Crippen MR) is 94.9 cm³/mol. The first-order valence-corrected chi connectivity index (χ1v) is 9.60. The van der Waals surface area contributed by atoms with Gasteiger partial charge in [-0.25, -0.2) is 4.39 Å². The van der Waals surface area contributed by atoms with Crippen LogP contribution in [0, 0.1) is 19.7 Å². The van der Waals surface area contributed by atoms with Gasteiger partial charge in [-0.1, -0.05) is 18.5 Å². The van der Waals surface area contributed by atoms with Crippen molar-refractivity contribution in [2.45, 2.75) is 27.2 Å². The van der Waals surface area contributed by atoms with Crippen molar-refractivity contribution < 1.29 is 28.2 Å². The summed E-state index contributed by atoms with van der Waals surface area (Å²) < 4.78 is 36.8. The van der Waals surface area contributed by atoms with Crippen LogP contribution in [0.25, 0.3) is 0 Å². The molecule has 0 fully saturated rings. The summed E-state index contributed by atoms with van der Waals surface area (Å²) >= 11 is 5.98. The Balaban J connectivity index is 2.37. The second-order valence-electron chi connectivity index (χ2n) is 5.59. The standard InChI is InChI=1S/C17H19ClFO5P/c1-4-7-23-13-5-6-14(16(19)15(13)18)24-17-10(2)8-12(9-11(17)3)25(20,21)22/h5-6,8-9H,4,7H2,1-3H3,(H2,20,21,22). The molecule has 2 N–H and O–H groups in total. The minimum Gasteiger partial charge on any atom is -0.492 e. The lowest BCUT2D eigenvalue weighted by Crippen LogP contribution is -2.07. The monoisotopic (exact) mass is 388 g/mol. The minimum absolute atomic E-state index is 0.0935. The quantitative estimate of drug-likeness (QED) is 0.713. The zero-order chi connectivity index (χ0) is 18.8. The van der Waals surface area contributed by atoms with Crippen LogP contribution >= 0.6 is 19.2 Å². The first kappa shape index (κ1) is 19.7. The molecule has 0 aliphatic carbocycles. The largest absolute Gasteiger partial charge is 0.492 e. The number of ether oxygens (including phenoxy) is 2. The number of rotatable bonds is 6. The van der Waals surface area contributed by atoms with Gasteiger partial charge in [-0.05, 0) is 55.7 Å². The molecule has 0 bridgehead atoms. The lowest BCUT2D eigenvalue weighted by Gasteiger charge is -2.16. The summed E-state index contributed by atoms with van der Waals surface area (Å²) in [6.45, 7) is 5.59. The molecule has 0 spiro atoms. The van der Waals surface area contributed by atoms with E-state index in [2.05, 4.69) is 0 Å². The first-order valence-electron chi connectivity index (χ1n) is 7.61. The fraction of sp³-hybridized carbons (Fsp3) is 0.294. The van der Waals surface area contributed by atoms with Crippen molar-refractivity contribution in [3.05, 3.63) is 46.2 Å². The topological polar surface area (TPSA) is 76.0 Å². The molecule has 8 heteroatoms. The Bertz CT molecular complexity index is 811. The zero-order valence-corrected chi connectivity index (χ0v) is 15.7. The smallest absolute Gasteiger partial charge is 0.356 e. The van der Waals surface area contributed by atoms with E-state index >= 15 is 0 Å². The van der Waals surface area contributed by atoms with Gasteiger partial charge in [0.15, 0.2) is 11.6 Å². The van der Waals surface area contributed by atoms with Gasteiger partial charge in [0.25, 0.3) is 0 Å². The van der Waals surface area contributed by atoms with Crippen molar-refractivity contribution in [2.75, 3.05) is 6.61 Å². The zero-order valence-electron chi connectivity index (χ0n) is 14.0. The molecule has 136 valence electrons. The van der Waals surface area contributed by atoms with Crippen LogP contribution < -0.4 is 14.8 Å². The van der Waals surface area contributed by atoms with Gasteiger partial charge in [0, 0.05) is 0 Å². The maximum Gasteiger partial charge on any atom is 0.356 e.